The van der Waals surface area contributed by atoms with Gasteiger partial charge in [-0.05, 0) is 31.0 Å². The van der Waals surface area contributed by atoms with E-state index >= 15 is 0 Å². The third-order valence-corrected chi connectivity index (χ3v) is 4.84. The molecule has 2 aromatic rings. The first-order valence-corrected chi connectivity index (χ1v) is 8.71. The molecule has 138 valence electrons. The van der Waals surface area contributed by atoms with Gasteiger partial charge in [-0.25, -0.2) is 4.39 Å². The Morgan fingerprint density at radius 1 is 1.19 bits per heavy atom. The van der Waals surface area contributed by atoms with Gasteiger partial charge in [-0.3, -0.25) is 15.0 Å². The van der Waals surface area contributed by atoms with Crippen molar-refractivity contribution in [3.63, 3.8) is 0 Å². The van der Waals surface area contributed by atoms with Crippen LogP contribution in [-0.2, 0) is 6.54 Å². The van der Waals surface area contributed by atoms with Crippen molar-refractivity contribution >= 4 is 17.1 Å². The minimum atomic E-state index is -0.357. The van der Waals surface area contributed by atoms with Gasteiger partial charge in [0, 0.05) is 50.0 Å². The van der Waals surface area contributed by atoms with Crippen LogP contribution in [0.2, 0.25) is 0 Å². The summed E-state index contributed by atoms with van der Waals surface area (Å²) >= 11 is 0. The van der Waals surface area contributed by atoms with Crippen molar-refractivity contribution in [2.24, 2.45) is 0 Å². The molecule has 0 aliphatic carbocycles. The molecule has 0 unspecified atom stereocenters. The predicted octanol–water partition coefficient (Wildman–Crippen LogP) is 3.34. The van der Waals surface area contributed by atoms with E-state index in [-0.39, 0.29) is 16.4 Å². The third kappa shape index (κ3) is 3.94. The summed E-state index contributed by atoms with van der Waals surface area (Å²) in [5.74, 6) is -0.199. The number of anilines is 2. The molecule has 3 rings (SSSR count). The molecular weight excluding hydrogens is 335 g/mol. The fourth-order valence-corrected chi connectivity index (χ4v) is 3.33. The Morgan fingerprint density at radius 2 is 1.96 bits per heavy atom. The molecule has 7 heteroatoms. The molecule has 0 spiro atoms. The fraction of sp³-hybridized carbons (Fsp3) is 0.368. The number of aryl methyl sites for hydroxylation is 1. The summed E-state index contributed by atoms with van der Waals surface area (Å²) in [7, 11) is 0. The molecule has 2 N–H and O–H groups in total. The number of nitrogens with two attached hydrogens (primary N) is 1. The van der Waals surface area contributed by atoms with Crippen LogP contribution in [0.5, 0.6) is 0 Å². The molecule has 26 heavy (non-hydrogen) atoms. The maximum atomic E-state index is 13.9. The van der Waals surface area contributed by atoms with Crippen LogP contribution in [0.25, 0.3) is 0 Å². The Labute approximate surface area is 152 Å². The maximum absolute atomic E-state index is 13.9. The number of benzene rings is 2. The van der Waals surface area contributed by atoms with Crippen molar-refractivity contribution in [3.8, 4) is 0 Å². The lowest BCUT2D eigenvalue weighted by atomic mass is 10.1. The number of nitrogens with zero attached hydrogens (tertiary/aromatic N) is 3. The topological polar surface area (TPSA) is 75.6 Å². The van der Waals surface area contributed by atoms with E-state index in [2.05, 4.69) is 4.90 Å². The van der Waals surface area contributed by atoms with E-state index in [4.69, 9.17) is 5.73 Å². The summed E-state index contributed by atoms with van der Waals surface area (Å²) in [6, 6.07) is 10.0. The number of rotatable bonds is 4. The van der Waals surface area contributed by atoms with E-state index in [9.17, 15) is 14.5 Å². The average molecular weight is 358 g/mol. The number of nitrogen functional groups attached to an aromatic ring is 1. The van der Waals surface area contributed by atoms with Crippen molar-refractivity contribution in [1.29, 1.82) is 0 Å². The van der Waals surface area contributed by atoms with E-state index in [0.717, 1.165) is 13.0 Å². The van der Waals surface area contributed by atoms with Crippen molar-refractivity contribution in [2.45, 2.75) is 19.9 Å². The number of nitro benzene ring substituents is 1. The SMILES string of the molecule is Cc1cc([N+](=O)[O-])c(N2CCCN(Cc3ccccc3F)CC2)cc1N. The standard InChI is InChI=1S/C19H23FN4O2/c1-14-11-19(24(25)26)18(12-17(14)21)23-8-4-7-22(9-10-23)13-15-5-2-3-6-16(15)20/h2-3,5-6,11-12H,4,7-10,13,21H2,1H3. The van der Waals surface area contributed by atoms with Gasteiger partial charge in [-0.15, -0.1) is 0 Å². The first-order valence-electron chi connectivity index (χ1n) is 8.71. The second-order valence-electron chi connectivity index (χ2n) is 6.66. The van der Waals surface area contributed by atoms with Crippen molar-refractivity contribution in [1.82, 2.24) is 4.90 Å². The molecule has 1 fully saturated rings. The average Bonchev–Trinajstić information content (AvgIpc) is 2.84. The van der Waals surface area contributed by atoms with E-state index in [1.54, 1.807) is 25.1 Å². The second kappa shape index (κ2) is 7.70. The van der Waals surface area contributed by atoms with E-state index in [1.807, 2.05) is 11.0 Å². The molecule has 1 heterocycles. The molecule has 6 nitrogen and oxygen atoms in total. The zero-order valence-electron chi connectivity index (χ0n) is 14.8. The van der Waals surface area contributed by atoms with Gasteiger partial charge >= 0.3 is 0 Å². The van der Waals surface area contributed by atoms with Crippen LogP contribution < -0.4 is 10.6 Å². The quantitative estimate of drug-likeness (QED) is 0.515. The minimum absolute atomic E-state index is 0.0826. The summed E-state index contributed by atoms with van der Waals surface area (Å²) < 4.78 is 13.9. The zero-order chi connectivity index (χ0) is 18.7. The molecule has 0 amide bonds. The molecular formula is C19H23FN4O2. The van der Waals surface area contributed by atoms with Gasteiger partial charge < -0.3 is 10.6 Å². The highest BCUT2D eigenvalue weighted by atomic mass is 19.1. The molecule has 2 aromatic carbocycles. The first-order chi connectivity index (χ1) is 12.5. The summed E-state index contributed by atoms with van der Waals surface area (Å²) in [5.41, 5.74) is 8.56. The number of halogens is 1. The third-order valence-electron chi connectivity index (χ3n) is 4.84. The monoisotopic (exact) mass is 358 g/mol. The largest absolute Gasteiger partial charge is 0.398 e. The normalized spacial score (nSPS) is 15.7. The summed E-state index contributed by atoms with van der Waals surface area (Å²) in [6.45, 7) is 5.18. The van der Waals surface area contributed by atoms with Crippen LogP contribution in [0.3, 0.4) is 0 Å². The van der Waals surface area contributed by atoms with Gasteiger partial charge in [-0.1, -0.05) is 18.2 Å². The molecule has 0 bridgehead atoms. The maximum Gasteiger partial charge on any atom is 0.292 e. The van der Waals surface area contributed by atoms with Crippen LogP contribution in [0.1, 0.15) is 17.5 Å². The Hall–Kier alpha value is -2.67. The van der Waals surface area contributed by atoms with Gasteiger partial charge in [-0.2, -0.15) is 0 Å². The molecule has 0 aromatic heterocycles. The van der Waals surface area contributed by atoms with E-state index < -0.39 is 0 Å². The molecule has 1 aliphatic rings. The zero-order valence-corrected chi connectivity index (χ0v) is 14.8. The number of hydrogen-bond donors (Lipinski definition) is 1. The highest BCUT2D eigenvalue weighted by molar-refractivity contribution is 5.71. The van der Waals surface area contributed by atoms with Crippen LogP contribution in [0, 0.1) is 22.9 Å². The van der Waals surface area contributed by atoms with Gasteiger partial charge in [0.25, 0.3) is 5.69 Å². The van der Waals surface area contributed by atoms with Crippen LogP contribution in [0.4, 0.5) is 21.5 Å². The molecule has 0 radical (unpaired) electrons. The Balaban J connectivity index is 1.76. The van der Waals surface area contributed by atoms with Gasteiger partial charge in [0.05, 0.1) is 4.92 Å². The van der Waals surface area contributed by atoms with Gasteiger partial charge in [0.15, 0.2) is 0 Å². The molecule has 0 saturated carbocycles. The highest BCUT2D eigenvalue weighted by Crippen LogP contribution is 2.33. The van der Waals surface area contributed by atoms with Crippen molar-refractivity contribution < 1.29 is 9.31 Å². The Morgan fingerprint density at radius 3 is 2.69 bits per heavy atom. The van der Waals surface area contributed by atoms with Crippen molar-refractivity contribution in [3.05, 3.63) is 63.5 Å². The fourth-order valence-electron chi connectivity index (χ4n) is 3.33. The number of hydrogen-bond acceptors (Lipinski definition) is 5. The van der Waals surface area contributed by atoms with Crippen LogP contribution in [0.15, 0.2) is 36.4 Å². The highest BCUT2D eigenvalue weighted by Gasteiger charge is 2.23. The lowest BCUT2D eigenvalue weighted by Gasteiger charge is -2.24. The Bertz CT molecular complexity index is 812. The van der Waals surface area contributed by atoms with Crippen LogP contribution >= 0.6 is 0 Å². The Kier molecular flexibility index (Phi) is 5.37. The first kappa shape index (κ1) is 18.1. The predicted molar refractivity (Wildman–Crippen MR) is 101 cm³/mol. The molecule has 0 atom stereocenters. The lowest BCUT2D eigenvalue weighted by Crippen LogP contribution is -2.31. The summed E-state index contributed by atoms with van der Waals surface area (Å²) in [5, 5.41) is 11.4. The second-order valence-corrected chi connectivity index (χ2v) is 6.66. The number of nitro groups is 1. The van der Waals surface area contributed by atoms with E-state index in [0.29, 0.717) is 48.7 Å². The van der Waals surface area contributed by atoms with Crippen LogP contribution in [-0.4, -0.2) is 36.0 Å². The van der Waals surface area contributed by atoms with Crippen molar-refractivity contribution in [2.75, 3.05) is 36.8 Å². The molecule has 1 saturated heterocycles. The van der Waals surface area contributed by atoms with Gasteiger partial charge in [0.1, 0.15) is 11.5 Å². The van der Waals surface area contributed by atoms with Gasteiger partial charge in [0.2, 0.25) is 0 Å². The smallest absolute Gasteiger partial charge is 0.292 e. The minimum Gasteiger partial charge on any atom is -0.398 e. The lowest BCUT2D eigenvalue weighted by molar-refractivity contribution is -0.384. The van der Waals surface area contributed by atoms with E-state index in [1.165, 1.54) is 12.1 Å². The summed E-state index contributed by atoms with van der Waals surface area (Å²) in [4.78, 5) is 15.3. The molecule has 1 aliphatic heterocycles. The summed E-state index contributed by atoms with van der Waals surface area (Å²) in [6.07, 6.45) is 0.847.